The quantitative estimate of drug-likeness (QED) is 0.250. The summed E-state index contributed by atoms with van der Waals surface area (Å²) in [6.45, 7) is 2.41. The van der Waals surface area contributed by atoms with E-state index in [4.69, 9.17) is 39.5 Å². The van der Waals surface area contributed by atoms with E-state index in [-0.39, 0.29) is 11.9 Å². The molecular weight excluding hydrogens is 431 g/mol. The number of carbonyl (C=O) groups is 2. The predicted octanol–water partition coefficient (Wildman–Crippen LogP) is 5.24. The van der Waals surface area contributed by atoms with Gasteiger partial charge in [0, 0.05) is 5.69 Å². The summed E-state index contributed by atoms with van der Waals surface area (Å²) in [5, 5.41) is 7.39. The zero-order valence-electron chi connectivity index (χ0n) is 14.5. The highest BCUT2D eigenvalue weighted by Gasteiger charge is 2.34. The summed E-state index contributed by atoms with van der Waals surface area (Å²) < 4.78 is 3.37. The molecule has 9 heteroatoms. The lowest BCUT2D eigenvalue weighted by Gasteiger charge is -2.27. The lowest BCUT2D eigenvalue weighted by Crippen LogP contribution is -2.48. The van der Waals surface area contributed by atoms with Crippen LogP contribution in [-0.4, -0.2) is 28.4 Å². The smallest absolute Gasteiger partial charge is 0.338 e. The van der Waals surface area contributed by atoms with Crippen LogP contribution in [0.25, 0.3) is 0 Å². The number of hydrogen-bond acceptors (Lipinski definition) is 5. The number of nitrogens with one attached hydrogen (secondary N) is 2. The van der Waals surface area contributed by atoms with Gasteiger partial charge in [0.25, 0.3) is 5.91 Å². The summed E-state index contributed by atoms with van der Waals surface area (Å²) in [5.74, 6) is -0.746. The van der Waals surface area contributed by atoms with E-state index in [1.165, 1.54) is 11.3 Å². The van der Waals surface area contributed by atoms with Gasteiger partial charge in [0.1, 0.15) is 6.17 Å². The van der Waals surface area contributed by atoms with Crippen LogP contribution >= 0.6 is 46.1 Å². The Morgan fingerprint density at radius 3 is 2.44 bits per heavy atom. The topological polar surface area (TPSA) is 67.4 Å². The van der Waals surface area contributed by atoms with Crippen LogP contribution in [0, 0.1) is 0 Å². The molecular formula is C18H19Cl3N2O3S. The van der Waals surface area contributed by atoms with E-state index >= 15 is 0 Å². The van der Waals surface area contributed by atoms with Crippen molar-refractivity contribution in [1.82, 2.24) is 5.32 Å². The largest absolute Gasteiger partial charge is 0.462 e. The maximum absolute atomic E-state index is 12.2. The molecule has 1 heterocycles. The Morgan fingerprint density at radius 2 is 1.89 bits per heavy atom. The molecule has 0 radical (unpaired) electrons. The number of esters is 1. The molecule has 0 saturated heterocycles. The predicted molar refractivity (Wildman–Crippen MR) is 111 cm³/mol. The summed E-state index contributed by atoms with van der Waals surface area (Å²) in [6, 6.07) is 9.94. The fourth-order valence-corrected chi connectivity index (χ4v) is 3.03. The number of ether oxygens (including phenoxy) is 1. The molecule has 0 bridgehead atoms. The zero-order chi connectivity index (χ0) is 19.9. The molecule has 0 spiro atoms. The molecule has 1 amide bonds. The number of rotatable bonds is 8. The molecule has 0 aliphatic rings. The van der Waals surface area contributed by atoms with E-state index in [1.54, 1.807) is 41.8 Å². The third-order valence-corrected chi connectivity index (χ3v) is 5.03. The van der Waals surface area contributed by atoms with Crippen LogP contribution in [0.1, 0.15) is 39.8 Å². The molecule has 27 heavy (non-hydrogen) atoms. The highest BCUT2D eigenvalue weighted by Crippen LogP contribution is 2.31. The Hall–Kier alpha value is -1.47. The second-order valence-electron chi connectivity index (χ2n) is 5.64. The zero-order valence-corrected chi connectivity index (χ0v) is 17.6. The van der Waals surface area contributed by atoms with Crippen molar-refractivity contribution in [3.63, 3.8) is 0 Å². The van der Waals surface area contributed by atoms with Gasteiger partial charge in [-0.1, -0.05) is 54.2 Å². The first kappa shape index (κ1) is 21.8. The summed E-state index contributed by atoms with van der Waals surface area (Å²) in [6.07, 6.45) is 0.797. The van der Waals surface area contributed by atoms with E-state index in [9.17, 15) is 9.59 Å². The van der Waals surface area contributed by atoms with E-state index in [0.29, 0.717) is 22.7 Å². The summed E-state index contributed by atoms with van der Waals surface area (Å²) in [4.78, 5) is 24.7. The normalized spacial score (nSPS) is 12.3. The van der Waals surface area contributed by atoms with Crippen LogP contribution in [0.4, 0.5) is 5.69 Å². The molecule has 0 aliphatic carbocycles. The van der Waals surface area contributed by atoms with Crippen molar-refractivity contribution < 1.29 is 14.3 Å². The molecule has 1 atom stereocenters. The van der Waals surface area contributed by atoms with Crippen LogP contribution < -0.4 is 10.6 Å². The second-order valence-corrected chi connectivity index (χ2v) is 8.95. The standard InChI is InChI=1S/C18H19Cl3N2O3S/c1-2-3-10-26-16(25)12-6-8-13(9-7-12)22-17(18(19,20)21)23-15(24)14-5-4-11-27-14/h4-9,11,17,22H,2-3,10H2,1H3,(H,23,24)/t17-/m0/s1. The minimum atomic E-state index is -1.79. The number of alkyl halides is 3. The summed E-state index contributed by atoms with van der Waals surface area (Å²) in [5.41, 5.74) is 0.993. The van der Waals surface area contributed by atoms with Crippen molar-refractivity contribution in [3.8, 4) is 0 Å². The molecule has 1 aromatic heterocycles. The summed E-state index contributed by atoms with van der Waals surface area (Å²) in [7, 11) is 0. The van der Waals surface area contributed by atoms with E-state index < -0.39 is 9.96 Å². The Labute approximate surface area is 176 Å². The third kappa shape index (κ3) is 6.88. The highest BCUT2D eigenvalue weighted by molar-refractivity contribution is 7.12. The van der Waals surface area contributed by atoms with Crippen LogP contribution in [0.15, 0.2) is 41.8 Å². The van der Waals surface area contributed by atoms with Crippen molar-refractivity contribution >= 4 is 63.7 Å². The third-order valence-electron chi connectivity index (χ3n) is 3.51. The van der Waals surface area contributed by atoms with Gasteiger partial charge in [0.15, 0.2) is 0 Å². The number of thiophene rings is 1. The Kier molecular flexibility index (Phi) is 8.23. The number of benzene rings is 1. The first-order valence-corrected chi connectivity index (χ1v) is 10.3. The van der Waals surface area contributed by atoms with Gasteiger partial charge in [0.2, 0.25) is 3.79 Å². The van der Waals surface area contributed by atoms with Crippen molar-refractivity contribution in [2.24, 2.45) is 0 Å². The fraction of sp³-hybridized carbons (Fsp3) is 0.333. The Morgan fingerprint density at radius 1 is 1.19 bits per heavy atom. The molecule has 1 aromatic carbocycles. The van der Waals surface area contributed by atoms with Gasteiger partial charge in [0.05, 0.1) is 17.0 Å². The molecule has 146 valence electrons. The van der Waals surface area contributed by atoms with Gasteiger partial charge in [-0.25, -0.2) is 4.79 Å². The van der Waals surface area contributed by atoms with Crippen LogP contribution in [0.3, 0.4) is 0 Å². The van der Waals surface area contributed by atoms with Crippen molar-refractivity contribution in [3.05, 3.63) is 52.2 Å². The second kappa shape index (κ2) is 10.2. The van der Waals surface area contributed by atoms with Crippen molar-refractivity contribution in [2.45, 2.75) is 29.7 Å². The van der Waals surface area contributed by atoms with Crippen LogP contribution in [-0.2, 0) is 4.74 Å². The highest BCUT2D eigenvalue weighted by atomic mass is 35.6. The lowest BCUT2D eigenvalue weighted by atomic mass is 10.2. The first-order valence-electron chi connectivity index (χ1n) is 8.26. The SMILES string of the molecule is CCCCOC(=O)c1ccc(N[C@@H](NC(=O)c2cccs2)C(Cl)(Cl)Cl)cc1. The lowest BCUT2D eigenvalue weighted by molar-refractivity contribution is 0.0499. The maximum atomic E-state index is 12.2. The average Bonchev–Trinajstić information content (AvgIpc) is 3.16. The number of halogens is 3. The molecule has 2 rings (SSSR count). The molecule has 0 saturated carbocycles. The van der Waals surface area contributed by atoms with Crippen molar-refractivity contribution in [2.75, 3.05) is 11.9 Å². The molecule has 0 unspecified atom stereocenters. The molecule has 2 aromatic rings. The number of amides is 1. The van der Waals surface area contributed by atoms with E-state index in [1.807, 2.05) is 6.92 Å². The maximum Gasteiger partial charge on any atom is 0.338 e. The summed E-state index contributed by atoms with van der Waals surface area (Å²) >= 11 is 19.3. The Balaban J connectivity index is 2.02. The van der Waals surface area contributed by atoms with Gasteiger partial charge >= 0.3 is 5.97 Å². The van der Waals surface area contributed by atoms with Gasteiger partial charge in [-0.05, 0) is 42.1 Å². The van der Waals surface area contributed by atoms with Crippen LogP contribution in [0.2, 0.25) is 0 Å². The number of carbonyl (C=O) groups excluding carboxylic acids is 2. The molecule has 2 N–H and O–H groups in total. The van der Waals surface area contributed by atoms with Gasteiger partial charge < -0.3 is 15.4 Å². The molecule has 0 fully saturated rings. The number of unbranched alkanes of at least 4 members (excludes halogenated alkanes) is 1. The molecule has 5 nitrogen and oxygen atoms in total. The average molecular weight is 450 g/mol. The Bertz CT molecular complexity index is 746. The number of anilines is 1. The molecule has 0 aliphatic heterocycles. The van der Waals surface area contributed by atoms with Crippen LogP contribution in [0.5, 0.6) is 0 Å². The van der Waals surface area contributed by atoms with E-state index in [0.717, 1.165) is 12.8 Å². The first-order chi connectivity index (χ1) is 12.8. The number of hydrogen-bond donors (Lipinski definition) is 2. The van der Waals surface area contributed by atoms with E-state index in [2.05, 4.69) is 10.6 Å². The van der Waals surface area contributed by atoms with Gasteiger partial charge in [-0.3, -0.25) is 4.79 Å². The van der Waals surface area contributed by atoms with Gasteiger partial charge in [-0.15, -0.1) is 11.3 Å². The van der Waals surface area contributed by atoms with Gasteiger partial charge in [-0.2, -0.15) is 0 Å². The monoisotopic (exact) mass is 448 g/mol. The van der Waals surface area contributed by atoms with Crippen molar-refractivity contribution in [1.29, 1.82) is 0 Å². The fourth-order valence-electron chi connectivity index (χ4n) is 2.07. The minimum Gasteiger partial charge on any atom is -0.462 e. The minimum absolute atomic E-state index is 0.357.